The van der Waals surface area contributed by atoms with Crippen LogP contribution in [-0.2, 0) is 10.1 Å². The molecule has 0 aliphatic carbocycles. The van der Waals surface area contributed by atoms with Gasteiger partial charge in [0, 0.05) is 29.6 Å². The molecule has 5 N–H and O–H groups in total. The van der Waals surface area contributed by atoms with Crippen LogP contribution in [0.3, 0.4) is 0 Å². The van der Waals surface area contributed by atoms with Gasteiger partial charge >= 0.3 is 0 Å². The third-order valence-electron chi connectivity index (χ3n) is 1.42. The SMILES string of the molecule is CCC(C(C)(N)N)S(=O)(=O)O.[Na]. The Kier molecular flexibility index (Phi) is 6.25. The van der Waals surface area contributed by atoms with E-state index in [-0.39, 0.29) is 36.0 Å². The molecule has 7 heteroatoms. The minimum Gasteiger partial charge on any atom is -0.313 e. The quantitative estimate of drug-likeness (QED) is 0.308. The summed E-state index contributed by atoms with van der Waals surface area (Å²) in [7, 11) is -4.12. The predicted molar refractivity (Wildman–Crippen MR) is 48.2 cm³/mol. The van der Waals surface area contributed by atoms with Gasteiger partial charge in [0.1, 0.15) is 5.25 Å². The molecule has 12 heavy (non-hydrogen) atoms. The first-order valence-corrected chi connectivity index (χ1v) is 4.74. The van der Waals surface area contributed by atoms with Crippen molar-refractivity contribution in [2.75, 3.05) is 0 Å². The maximum atomic E-state index is 10.6. The Morgan fingerprint density at radius 2 is 1.83 bits per heavy atom. The first-order valence-electron chi connectivity index (χ1n) is 3.23. The number of hydrogen-bond donors (Lipinski definition) is 3. The van der Waals surface area contributed by atoms with Crippen LogP contribution >= 0.6 is 0 Å². The van der Waals surface area contributed by atoms with Crippen LogP contribution in [0.1, 0.15) is 20.3 Å². The second-order valence-corrected chi connectivity index (χ2v) is 4.38. The van der Waals surface area contributed by atoms with Gasteiger partial charge in [-0.15, -0.1) is 0 Å². The van der Waals surface area contributed by atoms with E-state index in [1.807, 2.05) is 0 Å². The topological polar surface area (TPSA) is 106 Å². The summed E-state index contributed by atoms with van der Waals surface area (Å²) < 4.78 is 29.8. The Labute approximate surface area is 94.9 Å². The van der Waals surface area contributed by atoms with E-state index in [2.05, 4.69) is 0 Å². The van der Waals surface area contributed by atoms with Crippen molar-refractivity contribution in [2.45, 2.75) is 31.2 Å². The Bertz CT molecular complexity index is 221. The second-order valence-electron chi connectivity index (χ2n) is 2.78. The van der Waals surface area contributed by atoms with E-state index in [1.165, 1.54) is 6.92 Å². The molecular weight excluding hydrogens is 191 g/mol. The predicted octanol–water partition coefficient (Wildman–Crippen LogP) is -1.09. The van der Waals surface area contributed by atoms with Crippen molar-refractivity contribution in [1.82, 2.24) is 0 Å². The van der Waals surface area contributed by atoms with Gasteiger partial charge in [0.25, 0.3) is 10.1 Å². The fourth-order valence-corrected chi connectivity index (χ4v) is 2.03. The van der Waals surface area contributed by atoms with Crippen LogP contribution in [-0.4, -0.2) is 53.4 Å². The van der Waals surface area contributed by atoms with E-state index in [4.69, 9.17) is 16.0 Å². The van der Waals surface area contributed by atoms with Gasteiger partial charge < -0.3 is 11.5 Å². The van der Waals surface area contributed by atoms with E-state index in [0.29, 0.717) is 0 Å². The number of rotatable bonds is 3. The first kappa shape index (κ1) is 15.3. The molecule has 0 fully saturated rings. The molecule has 0 amide bonds. The molecule has 69 valence electrons. The Morgan fingerprint density at radius 3 is 1.83 bits per heavy atom. The monoisotopic (exact) mass is 205 g/mol. The van der Waals surface area contributed by atoms with Gasteiger partial charge in [-0.25, -0.2) is 0 Å². The summed E-state index contributed by atoms with van der Waals surface area (Å²) in [6.07, 6.45) is 0.197. The normalized spacial score (nSPS) is 15.1. The standard InChI is InChI=1S/C5H14N2O3S.Na/c1-3-4(5(2,6)7)11(8,9)10;/h4H,3,6-7H2,1-2H3,(H,8,9,10);. The smallest absolute Gasteiger partial charge is 0.270 e. The van der Waals surface area contributed by atoms with Crippen molar-refractivity contribution >= 4 is 39.7 Å². The van der Waals surface area contributed by atoms with Crippen LogP contribution in [0.2, 0.25) is 0 Å². The van der Waals surface area contributed by atoms with Gasteiger partial charge in [0.05, 0.1) is 5.66 Å². The van der Waals surface area contributed by atoms with E-state index in [1.54, 1.807) is 6.92 Å². The average Bonchev–Trinajstić information content (AvgIpc) is 1.56. The van der Waals surface area contributed by atoms with E-state index >= 15 is 0 Å². The fourth-order valence-electron chi connectivity index (χ4n) is 0.971. The molecule has 1 radical (unpaired) electrons. The average molecular weight is 205 g/mol. The largest absolute Gasteiger partial charge is 0.313 e. The molecule has 1 unspecified atom stereocenters. The maximum Gasteiger partial charge on any atom is 0.270 e. The molecule has 0 aromatic rings. The first-order chi connectivity index (χ1) is 4.69. The summed E-state index contributed by atoms with van der Waals surface area (Å²) in [4.78, 5) is 0. The van der Waals surface area contributed by atoms with Gasteiger partial charge in [-0.2, -0.15) is 8.42 Å². The summed E-state index contributed by atoms with van der Waals surface area (Å²) >= 11 is 0. The van der Waals surface area contributed by atoms with Gasteiger partial charge in [0.15, 0.2) is 0 Å². The third kappa shape index (κ3) is 4.76. The second kappa shape index (κ2) is 4.90. The third-order valence-corrected chi connectivity index (χ3v) is 2.98. The zero-order valence-electron chi connectivity index (χ0n) is 7.61. The summed E-state index contributed by atoms with van der Waals surface area (Å²) in [5.74, 6) is 0. The molecule has 0 aliphatic heterocycles. The van der Waals surface area contributed by atoms with E-state index in [0.717, 1.165) is 0 Å². The number of hydrogen-bond acceptors (Lipinski definition) is 4. The van der Waals surface area contributed by atoms with Crippen molar-refractivity contribution in [3.05, 3.63) is 0 Å². The number of nitrogens with two attached hydrogens (primary N) is 2. The molecule has 0 saturated heterocycles. The van der Waals surface area contributed by atoms with Crippen LogP contribution in [0, 0.1) is 0 Å². The van der Waals surface area contributed by atoms with Crippen molar-refractivity contribution in [3.8, 4) is 0 Å². The summed E-state index contributed by atoms with van der Waals surface area (Å²) in [5, 5.41) is -1.10. The molecule has 5 nitrogen and oxygen atoms in total. The minimum absolute atomic E-state index is 0. The zero-order chi connectivity index (χ0) is 9.28. The van der Waals surface area contributed by atoms with E-state index < -0.39 is 21.0 Å². The van der Waals surface area contributed by atoms with Crippen LogP contribution < -0.4 is 11.5 Å². The Balaban J connectivity index is 0. The molecule has 0 bridgehead atoms. The Morgan fingerprint density at radius 1 is 1.50 bits per heavy atom. The molecule has 0 aromatic heterocycles. The molecule has 0 rings (SSSR count). The van der Waals surface area contributed by atoms with Crippen LogP contribution in [0.25, 0.3) is 0 Å². The molecule has 0 aromatic carbocycles. The maximum absolute atomic E-state index is 10.6. The van der Waals surface area contributed by atoms with E-state index in [9.17, 15) is 8.42 Å². The summed E-state index contributed by atoms with van der Waals surface area (Å²) in [6.45, 7) is 2.95. The van der Waals surface area contributed by atoms with Gasteiger partial charge in [-0.3, -0.25) is 4.55 Å². The Hall–Kier alpha value is 0.830. The van der Waals surface area contributed by atoms with Crippen molar-refractivity contribution in [1.29, 1.82) is 0 Å². The molecule has 1 atom stereocenters. The molecule has 0 aliphatic rings. The van der Waals surface area contributed by atoms with Crippen LogP contribution in [0.4, 0.5) is 0 Å². The minimum atomic E-state index is -4.12. The van der Waals surface area contributed by atoms with Crippen LogP contribution in [0.15, 0.2) is 0 Å². The summed E-state index contributed by atoms with van der Waals surface area (Å²) in [5.41, 5.74) is 9.24. The van der Waals surface area contributed by atoms with Crippen molar-refractivity contribution in [3.63, 3.8) is 0 Å². The summed E-state index contributed by atoms with van der Waals surface area (Å²) in [6, 6.07) is 0. The van der Waals surface area contributed by atoms with Crippen molar-refractivity contribution in [2.24, 2.45) is 11.5 Å². The van der Waals surface area contributed by atoms with Gasteiger partial charge in [0.2, 0.25) is 0 Å². The van der Waals surface area contributed by atoms with Crippen molar-refractivity contribution < 1.29 is 13.0 Å². The van der Waals surface area contributed by atoms with Crippen LogP contribution in [0.5, 0.6) is 0 Å². The molecule has 0 heterocycles. The van der Waals surface area contributed by atoms with Gasteiger partial charge in [-0.05, 0) is 13.3 Å². The van der Waals surface area contributed by atoms with Gasteiger partial charge in [-0.1, -0.05) is 6.92 Å². The fraction of sp³-hybridized carbons (Fsp3) is 1.00. The molecular formula is C5H14N2NaO3S. The molecule has 0 spiro atoms. The zero-order valence-corrected chi connectivity index (χ0v) is 10.4. The molecule has 0 saturated carbocycles.